The van der Waals surface area contributed by atoms with Crippen LogP contribution in [0.2, 0.25) is 0 Å². The molecule has 27 heavy (non-hydrogen) atoms. The molecule has 2 aromatic heterocycles. The molecule has 0 aliphatic carbocycles. The van der Waals surface area contributed by atoms with Crippen LogP contribution in [0.15, 0.2) is 36.7 Å². The van der Waals surface area contributed by atoms with Crippen molar-refractivity contribution in [3.05, 3.63) is 48.0 Å². The summed E-state index contributed by atoms with van der Waals surface area (Å²) in [6.45, 7) is 0.721. The van der Waals surface area contributed by atoms with Gasteiger partial charge in [0.25, 0.3) is 0 Å². The number of nitrogen functional groups attached to an aromatic ring is 1. The molecule has 0 aliphatic heterocycles. The lowest BCUT2D eigenvalue weighted by atomic mass is 10.1. The molecule has 9 heteroatoms. The number of aryl methyl sites for hydroxylation is 3. The molecule has 2 heterocycles. The highest BCUT2D eigenvalue weighted by Gasteiger charge is 2.21. The second-order valence-electron chi connectivity index (χ2n) is 6.15. The Morgan fingerprint density at radius 3 is 2.56 bits per heavy atom. The third-order valence-electron chi connectivity index (χ3n) is 4.49. The SMILES string of the molecule is COP(=O)(CCCc1nc2c(N)ncnc2n1CCc1ccccc1)OC. The number of hydrogen-bond donors (Lipinski definition) is 1. The zero-order chi connectivity index (χ0) is 19.3. The van der Waals surface area contributed by atoms with Crippen molar-refractivity contribution in [3.8, 4) is 0 Å². The van der Waals surface area contributed by atoms with Gasteiger partial charge < -0.3 is 19.3 Å². The van der Waals surface area contributed by atoms with E-state index in [1.54, 1.807) is 0 Å². The topological polar surface area (TPSA) is 105 Å². The summed E-state index contributed by atoms with van der Waals surface area (Å²) < 4.78 is 24.3. The maximum absolute atomic E-state index is 12.2. The predicted octanol–water partition coefficient (Wildman–Crippen LogP) is 3.07. The van der Waals surface area contributed by atoms with Crippen LogP contribution in [-0.4, -0.2) is 39.9 Å². The third-order valence-corrected chi connectivity index (χ3v) is 6.47. The molecular weight excluding hydrogens is 365 g/mol. The van der Waals surface area contributed by atoms with E-state index in [0.717, 1.165) is 24.4 Å². The molecule has 0 fully saturated rings. The van der Waals surface area contributed by atoms with E-state index < -0.39 is 7.60 Å². The first-order chi connectivity index (χ1) is 13.1. The minimum atomic E-state index is -3.03. The standard InChI is InChI=1S/C18H24N5O3P/c1-25-27(24,26-2)12-6-9-15-22-16-17(19)20-13-21-18(16)23(15)11-10-14-7-4-3-5-8-14/h3-5,7-8,13H,6,9-12H2,1-2H3,(H2,19,20,21). The lowest BCUT2D eigenvalue weighted by Crippen LogP contribution is -2.08. The van der Waals surface area contributed by atoms with E-state index >= 15 is 0 Å². The maximum atomic E-state index is 12.2. The minimum Gasteiger partial charge on any atom is -0.382 e. The fraction of sp³-hybridized carbons (Fsp3) is 0.389. The van der Waals surface area contributed by atoms with Crippen LogP contribution >= 0.6 is 7.60 Å². The molecule has 0 aliphatic rings. The number of aromatic nitrogens is 4. The summed E-state index contributed by atoms with van der Waals surface area (Å²) >= 11 is 0. The Balaban J connectivity index is 1.82. The zero-order valence-electron chi connectivity index (χ0n) is 15.5. The number of nitrogens with two attached hydrogens (primary N) is 1. The second-order valence-corrected chi connectivity index (χ2v) is 8.55. The van der Waals surface area contributed by atoms with E-state index in [4.69, 9.17) is 14.8 Å². The average molecular weight is 389 g/mol. The van der Waals surface area contributed by atoms with Crippen molar-refractivity contribution in [3.63, 3.8) is 0 Å². The van der Waals surface area contributed by atoms with Crippen LogP contribution in [0, 0.1) is 0 Å². The first-order valence-corrected chi connectivity index (χ1v) is 10.5. The number of anilines is 1. The Morgan fingerprint density at radius 2 is 1.85 bits per heavy atom. The summed E-state index contributed by atoms with van der Waals surface area (Å²) in [7, 11) is -0.233. The van der Waals surface area contributed by atoms with Crippen LogP contribution in [0.25, 0.3) is 11.2 Å². The molecule has 3 rings (SSSR count). The average Bonchev–Trinajstić information content (AvgIpc) is 3.06. The van der Waals surface area contributed by atoms with Gasteiger partial charge in [-0.2, -0.15) is 0 Å². The summed E-state index contributed by atoms with van der Waals surface area (Å²) in [5, 5.41) is 0. The van der Waals surface area contributed by atoms with Gasteiger partial charge in [-0.1, -0.05) is 30.3 Å². The van der Waals surface area contributed by atoms with Crippen molar-refractivity contribution in [2.45, 2.75) is 25.8 Å². The van der Waals surface area contributed by atoms with Gasteiger partial charge in [0.15, 0.2) is 17.0 Å². The van der Waals surface area contributed by atoms with E-state index in [-0.39, 0.29) is 0 Å². The molecule has 3 aromatic rings. The van der Waals surface area contributed by atoms with Crippen molar-refractivity contribution in [1.29, 1.82) is 0 Å². The van der Waals surface area contributed by atoms with Gasteiger partial charge in [0, 0.05) is 27.2 Å². The fourth-order valence-corrected chi connectivity index (χ4v) is 4.06. The number of hydrogen-bond acceptors (Lipinski definition) is 7. The van der Waals surface area contributed by atoms with Crippen molar-refractivity contribution >= 4 is 24.6 Å². The largest absolute Gasteiger partial charge is 0.382 e. The lowest BCUT2D eigenvalue weighted by Gasteiger charge is -2.13. The summed E-state index contributed by atoms with van der Waals surface area (Å²) in [6.07, 6.45) is 3.84. The Labute approximate surface area is 158 Å². The van der Waals surface area contributed by atoms with Crippen molar-refractivity contribution in [2.75, 3.05) is 26.1 Å². The molecule has 1 aromatic carbocycles. The number of nitrogens with zero attached hydrogens (tertiary/aromatic N) is 4. The van der Waals surface area contributed by atoms with Gasteiger partial charge in [0.2, 0.25) is 0 Å². The molecule has 0 saturated heterocycles. The Morgan fingerprint density at radius 1 is 1.11 bits per heavy atom. The number of benzene rings is 1. The van der Waals surface area contributed by atoms with Crippen LogP contribution in [0.3, 0.4) is 0 Å². The van der Waals surface area contributed by atoms with Gasteiger partial charge in [0.1, 0.15) is 12.2 Å². The van der Waals surface area contributed by atoms with Crippen molar-refractivity contribution < 1.29 is 13.6 Å². The molecule has 0 atom stereocenters. The molecule has 0 saturated carbocycles. The lowest BCUT2D eigenvalue weighted by molar-refractivity contribution is 0.275. The highest BCUT2D eigenvalue weighted by atomic mass is 31.2. The van der Waals surface area contributed by atoms with Gasteiger partial charge in [-0.05, 0) is 18.4 Å². The molecule has 2 N–H and O–H groups in total. The van der Waals surface area contributed by atoms with E-state index in [9.17, 15) is 4.57 Å². The number of fused-ring (bicyclic) bond motifs is 1. The normalized spacial score (nSPS) is 11.9. The molecule has 0 unspecified atom stereocenters. The Kier molecular flexibility index (Phi) is 6.21. The maximum Gasteiger partial charge on any atom is 0.330 e. The fourth-order valence-electron chi connectivity index (χ4n) is 3.00. The highest BCUT2D eigenvalue weighted by Crippen LogP contribution is 2.46. The van der Waals surface area contributed by atoms with Crippen molar-refractivity contribution in [1.82, 2.24) is 19.5 Å². The summed E-state index contributed by atoms with van der Waals surface area (Å²) in [4.78, 5) is 13.0. The smallest absolute Gasteiger partial charge is 0.330 e. The van der Waals surface area contributed by atoms with E-state index in [2.05, 4.69) is 31.7 Å². The highest BCUT2D eigenvalue weighted by molar-refractivity contribution is 7.53. The summed E-state index contributed by atoms with van der Waals surface area (Å²) in [6, 6.07) is 10.2. The van der Waals surface area contributed by atoms with Crippen LogP contribution in [0.4, 0.5) is 5.82 Å². The molecule has 144 valence electrons. The molecule has 8 nitrogen and oxygen atoms in total. The van der Waals surface area contributed by atoms with Crippen LogP contribution in [0.1, 0.15) is 17.8 Å². The van der Waals surface area contributed by atoms with Gasteiger partial charge in [0.05, 0.1) is 6.16 Å². The second kappa shape index (κ2) is 8.61. The molecule has 0 radical (unpaired) electrons. The monoisotopic (exact) mass is 389 g/mol. The van der Waals surface area contributed by atoms with E-state index in [1.165, 1.54) is 26.1 Å². The van der Waals surface area contributed by atoms with Gasteiger partial charge >= 0.3 is 7.60 Å². The zero-order valence-corrected chi connectivity index (χ0v) is 16.4. The van der Waals surface area contributed by atoms with Crippen LogP contribution in [-0.2, 0) is 33.0 Å². The summed E-state index contributed by atoms with van der Waals surface area (Å²) in [5.74, 6) is 1.20. The minimum absolute atomic E-state index is 0.322. The Hall–Kier alpha value is -2.28. The Bertz CT molecular complexity index is 937. The van der Waals surface area contributed by atoms with Crippen LogP contribution in [0.5, 0.6) is 0 Å². The first kappa shape index (κ1) is 19.5. The van der Waals surface area contributed by atoms with E-state index in [1.807, 2.05) is 18.2 Å². The van der Waals surface area contributed by atoms with Crippen molar-refractivity contribution in [2.24, 2.45) is 0 Å². The molecule has 0 spiro atoms. The van der Waals surface area contributed by atoms with Crippen LogP contribution < -0.4 is 5.73 Å². The molecule has 0 bridgehead atoms. The number of imidazole rings is 1. The summed E-state index contributed by atoms with van der Waals surface area (Å²) in [5.41, 5.74) is 8.52. The molecule has 0 amide bonds. The van der Waals surface area contributed by atoms with Gasteiger partial charge in [-0.25, -0.2) is 15.0 Å². The first-order valence-electron chi connectivity index (χ1n) is 8.76. The van der Waals surface area contributed by atoms with E-state index in [0.29, 0.717) is 30.3 Å². The third kappa shape index (κ3) is 4.53. The predicted molar refractivity (Wildman–Crippen MR) is 105 cm³/mol. The quantitative estimate of drug-likeness (QED) is 0.561. The van der Waals surface area contributed by atoms with Gasteiger partial charge in [-0.15, -0.1) is 0 Å². The number of rotatable bonds is 9. The van der Waals surface area contributed by atoms with Gasteiger partial charge in [-0.3, -0.25) is 4.57 Å². The molecular formula is C18H24N5O3P.